The Morgan fingerprint density at radius 1 is 1.11 bits per heavy atom. The van der Waals surface area contributed by atoms with Crippen molar-refractivity contribution in [3.8, 4) is 5.75 Å². The molecule has 3 aromatic rings. The van der Waals surface area contributed by atoms with Crippen LogP contribution in [0.25, 0.3) is 5.57 Å². The minimum absolute atomic E-state index is 0.0715. The normalized spacial score (nSPS) is 13.4. The van der Waals surface area contributed by atoms with Gasteiger partial charge in [-0.3, -0.25) is 4.79 Å². The fourth-order valence-corrected chi connectivity index (χ4v) is 3.50. The Morgan fingerprint density at radius 2 is 2.04 bits per heavy atom. The van der Waals surface area contributed by atoms with Crippen molar-refractivity contribution in [3.63, 3.8) is 0 Å². The molecule has 1 amide bonds. The zero-order valence-electron chi connectivity index (χ0n) is 14.9. The first kappa shape index (κ1) is 17.9. The zero-order chi connectivity index (χ0) is 19.3. The van der Waals surface area contributed by atoms with E-state index in [1.165, 1.54) is 11.3 Å². The molecular weight excluding hydrogens is 372 g/mol. The Bertz CT molecular complexity index is 1060. The van der Waals surface area contributed by atoms with E-state index in [1.807, 2.05) is 41.8 Å². The summed E-state index contributed by atoms with van der Waals surface area (Å²) in [5.41, 5.74) is 3.52. The summed E-state index contributed by atoms with van der Waals surface area (Å²) in [5.74, 6) is 0.570. The third kappa shape index (κ3) is 4.27. The Hall–Kier alpha value is -3.45. The number of phenolic OH excluding ortho intramolecular Hbond substituents is 1. The molecule has 0 fully saturated rings. The third-order valence-electron chi connectivity index (χ3n) is 4.26. The van der Waals surface area contributed by atoms with E-state index < -0.39 is 0 Å². The molecule has 0 atom stereocenters. The van der Waals surface area contributed by atoms with Gasteiger partial charge in [-0.1, -0.05) is 18.2 Å². The topological polar surface area (TPSA) is 87.1 Å². The van der Waals surface area contributed by atoms with Crippen LogP contribution in [0.2, 0.25) is 0 Å². The SMILES string of the molecule is O=C(NC1=CC=C(c2ccnc(Nc3cccc(O)c3)n2)CC1)c1cccs1. The maximum absolute atomic E-state index is 12.2. The minimum Gasteiger partial charge on any atom is -0.508 e. The van der Waals surface area contributed by atoms with E-state index in [9.17, 15) is 9.90 Å². The number of aromatic hydroxyl groups is 1. The van der Waals surface area contributed by atoms with E-state index in [4.69, 9.17) is 0 Å². The number of nitrogens with one attached hydrogen (secondary N) is 2. The summed E-state index contributed by atoms with van der Waals surface area (Å²) in [6, 6.07) is 12.3. The van der Waals surface area contributed by atoms with Gasteiger partial charge in [0.15, 0.2) is 0 Å². The fourth-order valence-electron chi connectivity index (χ4n) is 2.88. The van der Waals surface area contributed by atoms with Gasteiger partial charge in [0.05, 0.1) is 10.6 Å². The molecule has 7 heteroatoms. The smallest absolute Gasteiger partial charge is 0.265 e. The lowest BCUT2D eigenvalue weighted by Gasteiger charge is -2.15. The molecule has 140 valence electrons. The number of amides is 1. The van der Waals surface area contributed by atoms with Crippen LogP contribution in [0.5, 0.6) is 5.75 Å². The summed E-state index contributed by atoms with van der Waals surface area (Å²) >= 11 is 1.43. The molecule has 4 rings (SSSR count). The molecule has 3 N–H and O–H groups in total. The molecule has 0 saturated carbocycles. The maximum Gasteiger partial charge on any atom is 0.265 e. The number of allylic oxidation sites excluding steroid dienone is 4. The minimum atomic E-state index is -0.0715. The number of carbonyl (C=O) groups excluding carboxylic acids is 1. The average molecular weight is 390 g/mol. The third-order valence-corrected chi connectivity index (χ3v) is 5.12. The highest BCUT2D eigenvalue weighted by Gasteiger charge is 2.14. The average Bonchev–Trinajstić information content (AvgIpc) is 3.24. The number of hydrogen-bond donors (Lipinski definition) is 3. The van der Waals surface area contributed by atoms with E-state index in [0.717, 1.165) is 29.8 Å². The molecule has 0 bridgehead atoms. The van der Waals surface area contributed by atoms with Crippen LogP contribution in [-0.2, 0) is 0 Å². The molecule has 0 spiro atoms. The molecular formula is C21H18N4O2S. The van der Waals surface area contributed by atoms with Gasteiger partial charge in [-0.15, -0.1) is 11.3 Å². The van der Waals surface area contributed by atoms with E-state index in [2.05, 4.69) is 20.6 Å². The van der Waals surface area contributed by atoms with Crippen molar-refractivity contribution in [3.05, 3.63) is 82.5 Å². The first-order chi connectivity index (χ1) is 13.7. The molecule has 1 aliphatic carbocycles. The van der Waals surface area contributed by atoms with Crippen molar-refractivity contribution in [2.75, 3.05) is 5.32 Å². The highest BCUT2D eigenvalue weighted by molar-refractivity contribution is 7.12. The summed E-state index contributed by atoms with van der Waals surface area (Å²) in [6.45, 7) is 0. The van der Waals surface area contributed by atoms with Crippen molar-refractivity contribution >= 4 is 34.5 Å². The monoisotopic (exact) mass is 390 g/mol. The summed E-state index contributed by atoms with van der Waals surface area (Å²) in [5, 5.41) is 17.5. The predicted octanol–water partition coefficient (Wildman–Crippen LogP) is 4.48. The summed E-state index contributed by atoms with van der Waals surface area (Å²) in [4.78, 5) is 21.7. The first-order valence-electron chi connectivity index (χ1n) is 8.81. The molecule has 0 radical (unpaired) electrons. The number of phenols is 1. The fraction of sp³-hybridized carbons (Fsp3) is 0.0952. The molecule has 1 aromatic carbocycles. The highest BCUT2D eigenvalue weighted by Crippen LogP contribution is 2.26. The van der Waals surface area contributed by atoms with Gasteiger partial charge in [0.25, 0.3) is 5.91 Å². The number of hydrogen-bond acceptors (Lipinski definition) is 6. The van der Waals surface area contributed by atoms with E-state index in [0.29, 0.717) is 16.5 Å². The van der Waals surface area contributed by atoms with E-state index in [-0.39, 0.29) is 11.7 Å². The van der Waals surface area contributed by atoms with Crippen LogP contribution < -0.4 is 10.6 Å². The second-order valence-electron chi connectivity index (χ2n) is 6.26. The lowest BCUT2D eigenvalue weighted by atomic mass is 9.99. The first-order valence-corrected chi connectivity index (χ1v) is 9.69. The van der Waals surface area contributed by atoms with Gasteiger partial charge >= 0.3 is 0 Å². The van der Waals surface area contributed by atoms with Crippen LogP contribution in [0, 0.1) is 0 Å². The Kier molecular flexibility index (Phi) is 5.16. The van der Waals surface area contributed by atoms with Crippen LogP contribution in [0.3, 0.4) is 0 Å². The van der Waals surface area contributed by atoms with Gasteiger partial charge in [-0.05, 0) is 54.1 Å². The van der Waals surface area contributed by atoms with Crippen molar-refractivity contribution in [1.29, 1.82) is 0 Å². The standard InChI is InChI=1S/C21H18N4O2S/c26-17-4-1-3-16(13-17)24-21-22-11-10-18(25-21)14-6-8-15(9-7-14)23-20(27)19-5-2-12-28-19/h1-6,8,10-13,26H,7,9H2,(H,23,27)(H,22,24,25). The van der Waals surface area contributed by atoms with Crippen molar-refractivity contribution in [2.24, 2.45) is 0 Å². The Labute approximate surface area is 166 Å². The van der Waals surface area contributed by atoms with Crippen LogP contribution in [0.4, 0.5) is 11.6 Å². The predicted molar refractivity (Wildman–Crippen MR) is 111 cm³/mol. The van der Waals surface area contributed by atoms with E-state index >= 15 is 0 Å². The maximum atomic E-state index is 12.2. The molecule has 2 aromatic heterocycles. The highest BCUT2D eigenvalue weighted by atomic mass is 32.1. The quantitative estimate of drug-likeness (QED) is 0.598. The van der Waals surface area contributed by atoms with Crippen LogP contribution in [0.1, 0.15) is 28.2 Å². The molecule has 0 unspecified atom stereocenters. The second-order valence-corrected chi connectivity index (χ2v) is 7.20. The zero-order valence-corrected chi connectivity index (χ0v) is 15.7. The summed E-state index contributed by atoms with van der Waals surface area (Å²) in [6.07, 6.45) is 7.12. The number of benzene rings is 1. The van der Waals surface area contributed by atoms with Gasteiger partial charge < -0.3 is 15.7 Å². The van der Waals surface area contributed by atoms with E-state index in [1.54, 1.807) is 24.4 Å². The number of thiophene rings is 1. The molecule has 6 nitrogen and oxygen atoms in total. The number of carbonyl (C=O) groups is 1. The molecule has 0 saturated heterocycles. The van der Waals surface area contributed by atoms with Crippen LogP contribution in [-0.4, -0.2) is 21.0 Å². The van der Waals surface area contributed by atoms with Gasteiger partial charge in [-0.25, -0.2) is 9.97 Å². The second kappa shape index (κ2) is 8.06. The largest absolute Gasteiger partial charge is 0.508 e. The molecule has 1 aliphatic rings. The van der Waals surface area contributed by atoms with Gasteiger partial charge in [-0.2, -0.15) is 0 Å². The summed E-state index contributed by atoms with van der Waals surface area (Å²) < 4.78 is 0. The molecule has 28 heavy (non-hydrogen) atoms. The lowest BCUT2D eigenvalue weighted by Crippen LogP contribution is -2.22. The Morgan fingerprint density at radius 3 is 2.79 bits per heavy atom. The molecule has 2 heterocycles. The van der Waals surface area contributed by atoms with Crippen molar-refractivity contribution < 1.29 is 9.90 Å². The lowest BCUT2D eigenvalue weighted by molar-refractivity contribution is 0.0968. The van der Waals surface area contributed by atoms with Gasteiger partial charge in [0, 0.05) is 23.6 Å². The number of nitrogens with zero attached hydrogens (tertiary/aromatic N) is 2. The molecule has 0 aliphatic heterocycles. The number of anilines is 2. The number of rotatable bonds is 5. The van der Waals surface area contributed by atoms with Crippen molar-refractivity contribution in [1.82, 2.24) is 15.3 Å². The van der Waals surface area contributed by atoms with Crippen LogP contribution >= 0.6 is 11.3 Å². The van der Waals surface area contributed by atoms with Crippen LogP contribution in [0.15, 0.2) is 71.9 Å². The van der Waals surface area contributed by atoms with Crippen molar-refractivity contribution in [2.45, 2.75) is 12.8 Å². The number of aromatic nitrogens is 2. The van der Waals surface area contributed by atoms with Gasteiger partial charge in [0.1, 0.15) is 5.75 Å². The Balaban J connectivity index is 1.46. The van der Waals surface area contributed by atoms with Gasteiger partial charge in [0.2, 0.25) is 5.95 Å². The summed E-state index contributed by atoms with van der Waals surface area (Å²) in [7, 11) is 0.